The van der Waals surface area contributed by atoms with E-state index < -0.39 is 0 Å². The van der Waals surface area contributed by atoms with Crippen molar-refractivity contribution in [2.75, 3.05) is 13.1 Å². The first-order valence-corrected chi connectivity index (χ1v) is 10.3. The van der Waals surface area contributed by atoms with Gasteiger partial charge in [0.25, 0.3) is 5.91 Å². The largest absolute Gasteiger partial charge is 0.348 e. The molecule has 2 aromatic carbocycles. The van der Waals surface area contributed by atoms with Crippen LogP contribution in [-0.2, 0) is 12.8 Å². The molecule has 6 heteroatoms. The molecule has 2 heterocycles. The number of amides is 1. The number of carbonyl (C=O) groups is 1. The normalized spacial score (nSPS) is 19.8. The first-order valence-electron chi connectivity index (χ1n) is 10.3. The van der Waals surface area contributed by atoms with Gasteiger partial charge in [0.15, 0.2) is 0 Å². The number of rotatable bonds is 4. The highest BCUT2D eigenvalue weighted by Gasteiger charge is 2.30. The van der Waals surface area contributed by atoms with Gasteiger partial charge < -0.3 is 5.32 Å². The Kier molecular flexibility index (Phi) is 4.86. The molecule has 1 N–H and O–H groups in total. The summed E-state index contributed by atoms with van der Waals surface area (Å²) in [7, 11) is 0. The molecular formula is C23H25N5O. The lowest BCUT2D eigenvalue weighted by atomic mass is 10.0. The van der Waals surface area contributed by atoms with Crippen molar-refractivity contribution < 1.29 is 4.79 Å². The summed E-state index contributed by atoms with van der Waals surface area (Å²) < 4.78 is 1.80. The van der Waals surface area contributed by atoms with Crippen molar-refractivity contribution in [3.8, 4) is 5.69 Å². The van der Waals surface area contributed by atoms with Crippen LogP contribution in [0.25, 0.3) is 5.69 Å². The van der Waals surface area contributed by atoms with Crippen molar-refractivity contribution >= 4 is 5.91 Å². The van der Waals surface area contributed by atoms with Gasteiger partial charge in [0.1, 0.15) is 12.7 Å². The average Bonchev–Trinajstić information content (AvgIpc) is 3.44. The molecular weight excluding hydrogens is 362 g/mol. The summed E-state index contributed by atoms with van der Waals surface area (Å²) in [5.74, 6) is -0.0125. The van der Waals surface area contributed by atoms with Crippen LogP contribution < -0.4 is 5.32 Å². The van der Waals surface area contributed by atoms with Crippen LogP contribution in [0, 0.1) is 0 Å². The standard InChI is InChI=1S/C23H25N5O/c29-23(19-7-3-9-21(13-19)28-15-24-25-16-28)26-20-8-4-10-27(14-20)22-11-17-5-1-2-6-18(17)12-22/h1-3,5-7,9,13,15-16,20,22H,4,8,10-12,14H2,(H,26,29)/t20-/m0/s1. The molecule has 148 valence electrons. The summed E-state index contributed by atoms with van der Waals surface area (Å²) in [5, 5.41) is 10.9. The Labute approximate surface area is 170 Å². The van der Waals surface area contributed by atoms with Gasteiger partial charge in [-0.05, 0) is 61.6 Å². The van der Waals surface area contributed by atoms with Crippen LogP contribution in [0.15, 0.2) is 61.2 Å². The third-order valence-corrected chi connectivity index (χ3v) is 6.16. The summed E-state index contributed by atoms with van der Waals surface area (Å²) >= 11 is 0. The summed E-state index contributed by atoms with van der Waals surface area (Å²) in [4.78, 5) is 15.4. The molecule has 0 unspecified atom stereocenters. The van der Waals surface area contributed by atoms with Crippen LogP contribution in [0.4, 0.5) is 0 Å². The zero-order valence-corrected chi connectivity index (χ0v) is 16.4. The summed E-state index contributed by atoms with van der Waals surface area (Å²) in [6.45, 7) is 2.05. The molecule has 1 amide bonds. The van der Waals surface area contributed by atoms with E-state index in [9.17, 15) is 4.79 Å². The molecule has 0 spiro atoms. The first-order chi connectivity index (χ1) is 14.3. The molecule has 2 aliphatic rings. The number of nitrogens with one attached hydrogen (secondary N) is 1. The molecule has 1 saturated heterocycles. The molecule has 1 aromatic heterocycles. The SMILES string of the molecule is O=C(N[C@H]1CCCN(C2Cc3ccccc3C2)C1)c1cccc(-n2cnnc2)c1. The van der Waals surface area contributed by atoms with Crippen molar-refractivity contribution in [2.45, 2.75) is 37.8 Å². The monoisotopic (exact) mass is 387 g/mol. The lowest BCUT2D eigenvalue weighted by Gasteiger charge is -2.37. The van der Waals surface area contributed by atoms with Crippen LogP contribution in [0.1, 0.15) is 34.3 Å². The second-order valence-corrected chi connectivity index (χ2v) is 8.06. The van der Waals surface area contributed by atoms with Gasteiger partial charge >= 0.3 is 0 Å². The predicted molar refractivity (Wildman–Crippen MR) is 111 cm³/mol. The maximum Gasteiger partial charge on any atom is 0.251 e. The molecule has 1 aliphatic carbocycles. The molecule has 6 nitrogen and oxygen atoms in total. The number of aromatic nitrogens is 3. The van der Waals surface area contributed by atoms with E-state index in [1.54, 1.807) is 17.2 Å². The Bertz CT molecular complexity index is 975. The van der Waals surface area contributed by atoms with Gasteiger partial charge in [-0.1, -0.05) is 30.3 Å². The van der Waals surface area contributed by atoms with Crippen molar-refractivity contribution in [3.63, 3.8) is 0 Å². The number of carbonyl (C=O) groups excluding carboxylic acids is 1. The van der Waals surface area contributed by atoms with Gasteiger partial charge in [0.05, 0.1) is 0 Å². The molecule has 1 aliphatic heterocycles. The zero-order chi connectivity index (χ0) is 19.6. The zero-order valence-electron chi connectivity index (χ0n) is 16.4. The van der Waals surface area contributed by atoms with Crippen LogP contribution >= 0.6 is 0 Å². The second kappa shape index (κ2) is 7.79. The topological polar surface area (TPSA) is 63.1 Å². The van der Waals surface area contributed by atoms with Crippen LogP contribution in [0.2, 0.25) is 0 Å². The van der Waals surface area contributed by atoms with Crippen LogP contribution in [0.5, 0.6) is 0 Å². The fourth-order valence-corrected chi connectivity index (χ4v) is 4.66. The fourth-order valence-electron chi connectivity index (χ4n) is 4.66. The van der Waals surface area contributed by atoms with E-state index in [0.29, 0.717) is 11.6 Å². The van der Waals surface area contributed by atoms with Gasteiger partial charge in [-0.3, -0.25) is 14.3 Å². The van der Waals surface area contributed by atoms with Crippen molar-refractivity contribution in [3.05, 3.63) is 77.9 Å². The van der Waals surface area contributed by atoms with E-state index in [2.05, 4.69) is 44.7 Å². The molecule has 5 rings (SSSR count). The highest BCUT2D eigenvalue weighted by Crippen LogP contribution is 2.27. The summed E-state index contributed by atoms with van der Waals surface area (Å²) in [5.41, 5.74) is 4.52. The number of likely N-dealkylation sites (tertiary alicyclic amines) is 1. The minimum Gasteiger partial charge on any atom is -0.348 e. The van der Waals surface area contributed by atoms with Crippen LogP contribution in [0.3, 0.4) is 0 Å². The number of hydrogen-bond acceptors (Lipinski definition) is 4. The molecule has 0 saturated carbocycles. The number of benzene rings is 2. The van der Waals surface area contributed by atoms with E-state index in [-0.39, 0.29) is 11.9 Å². The van der Waals surface area contributed by atoms with E-state index in [0.717, 1.165) is 44.5 Å². The van der Waals surface area contributed by atoms with Crippen molar-refractivity contribution in [1.82, 2.24) is 25.0 Å². The first kappa shape index (κ1) is 18.1. The Morgan fingerprint density at radius 3 is 2.52 bits per heavy atom. The number of piperidine rings is 1. The lowest BCUT2D eigenvalue weighted by molar-refractivity contribution is 0.0876. The Balaban J connectivity index is 1.23. The number of nitrogens with zero attached hydrogens (tertiary/aromatic N) is 4. The maximum absolute atomic E-state index is 12.9. The summed E-state index contributed by atoms with van der Waals surface area (Å²) in [6.07, 6.45) is 7.67. The number of fused-ring (bicyclic) bond motifs is 1. The minimum absolute atomic E-state index is 0.0125. The third-order valence-electron chi connectivity index (χ3n) is 6.16. The van der Waals surface area contributed by atoms with Gasteiger partial charge in [0.2, 0.25) is 0 Å². The smallest absolute Gasteiger partial charge is 0.251 e. The fraction of sp³-hybridized carbons (Fsp3) is 0.348. The highest BCUT2D eigenvalue weighted by molar-refractivity contribution is 5.94. The molecule has 0 radical (unpaired) electrons. The average molecular weight is 387 g/mol. The van der Waals surface area contributed by atoms with Gasteiger partial charge in [0, 0.05) is 29.9 Å². The molecule has 0 bridgehead atoms. The quantitative estimate of drug-likeness (QED) is 0.748. The Morgan fingerprint density at radius 1 is 1.00 bits per heavy atom. The molecule has 29 heavy (non-hydrogen) atoms. The lowest BCUT2D eigenvalue weighted by Crippen LogP contribution is -2.51. The maximum atomic E-state index is 12.9. The van der Waals surface area contributed by atoms with Gasteiger partial charge in [-0.15, -0.1) is 10.2 Å². The predicted octanol–water partition coefficient (Wildman–Crippen LogP) is 2.63. The number of hydrogen-bond donors (Lipinski definition) is 1. The van der Waals surface area contributed by atoms with Gasteiger partial charge in [-0.25, -0.2) is 0 Å². The minimum atomic E-state index is -0.0125. The third kappa shape index (κ3) is 3.80. The van der Waals surface area contributed by atoms with E-state index in [4.69, 9.17) is 0 Å². The molecule has 1 atom stereocenters. The van der Waals surface area contributed by atoms with Crippen molar-refractivity contribution in [1.29, 1.82) is 0 Å². The molecule has 1 fully saturated rings. The molecule has 3 aromatic rings. The van der Waals surface area contributed by atoms with Crippen LogP contribution in [-0.4, -0.2) is 50.7 Å². The van der Waals surface area contributed by atoms with E-state index in [1.165, 1.54) is 11.1 Å². The van der Waals surface area contributed by atoms with E-state index >= 15 is 0 Å². The summed E-state index contributed by atoms with van der Waals surface area (Å²) in [6, 6.07) is 17.1. The second-order valence-electron chi connectivity index (χ2n) is 8.06. The Morgan fingerprint density at radius 2 is 1.76 bits per heavy atom. The van der Waals surface area contributed by atoms with E-state index in [1.807, 2.05) is 24.3 Å². The highest BCUT2D eigenvalue weighted by atomic mass is 16.1. The van der Waals surface area contributed by atoms with Crippen molar-refractivity contribution in [2.24, 2.45) is 0 Å². The Hall–Kier alpha value is -2.99. The van der Waals surface area contributed by atoms with Gasteiger partial charge in [-0.2, -0.15) is 0 Å².